The van der Waals surface area contributed by atoms with Crippen molar-refractivity contribution in [3.05, 3.63) is 23.3 Å². The molecule has 1 aromatic rings. The Labute approximate surface area is 102 Å². The van der Waals surface area contributed by atoms with Crippen molar-refractivity contribution in [3.63, 3.8) is 0 Å². The van der Waals surface area contributed by atoms with Crippen LogP contribution in [0.1, 0.15) is 17.5 Å². The molecule has 0 unspecified atom stereocenters. The van der Waals surface area contributed by atoms with Gasteiger partial charge < -0.3 is 10.2 Å². The highest BCUT2D eigenvalue weighted by molar-refractivity contribution is 5.50. The monoisotopic (exact) mass is 231 g/mol. The van der Waals surface area contributed by atoms with Crippen LogP contribution in [0.5, 0.6) is 11.5 Å². The zero-order valence-corrected chi connectivity index (χ0v) is 9.98. The molecule has 0 bridgehead atoms. The zero-order valence-electron chi connectivity index (χ0n) is 9.98. The molecule has 0 radical (unpaired) electrons. The molecule has 2 rings (SSSR count). The summed E-state index contributed by atoms with van der Waals surface area (Å²) in [4.78, 5) is 2.16. The van der Waals surface area contributed by atoms with Gasteiger partial charge in [-0.25, -0.2) is 0 Å². The SMILES string of the molecule is C#CCN(C)[C@@H]1CCc2c(ccc(O)c2O)C1. The second-order valence-corrected chi connectivity index (χ2v) is 4.59. The predicted octanol–water partition coefficient (Wildman–Crippen LogP) is 1.52. The normalized spacial score (nSPS) is 18.8. The zero-order chi connectivity index (χ0) is 12.4. The number of aromatic hydroxyl groups is 2. The molecular formula is C14H17NO2. The van der Waals surface area contributed by atoms with Crippen LogP contribution in [0.3, 0.4) is 0 Å². The van der Waals surface area contributed by atoms with Gasteiger partial charge in [0.05, 0.1) is 6.54 Å². The first-order valence-electron chi connectivity index (χ1n) is 5.80. The van der Waals surface area contributed by atoms with E-state index in [1.54, 1.807) is 6.07 Å². The topological polar surface area (TPSA) is 43.7 Å². The minimum Gasteiger partial charge on any atom is -0.504 e. The number of nitrogens with zero attached hydrogens (tertiary/aromatic N) is 1. The van der Waals surface area contributed by atoms with Gasteiger partial charge in [0.1, 0.15) is 0 Å². The summed E-state index contributed by atoms with van der Waals surface area (Å²) in [7, 11) is 2.02. The molecule has 0 fully saturated rings. The van der Waals surface area contributed by atoms with Crippen LogP contribution in [-0.2, 0) is 12.8 Å². The molecule has 1 atom stereocenters. The van der Waals surface area contributed by atoms with Crippen LogP contribution in [0.25, 0.3) is 0 Å². The summed E-state index contributed by atoms with van der Waals surface area (Å²) in [6.07, 6.45) is 7.93. The van der Waals surface area contributed by atoms with E-state index >= 15 is 0 Å². The molecule has 0 saturated heterocycles. The van der Waals surface area contributed by atoms with Crippen LogP contribution in [0.4, 0.5) is 0 Å². The van der Waals surface area contributed by atoms with Gasteiger partial charge in [-0.3, -0.25) is 4.90 Å². The molecule has 3 heteroatoms. The maximum atomic E-state index is 9.78. The molecule has 3 nitrogen and oxygen atoms in total. The number of rotatable bonds is 2. The Hall–Kier alpha value is -1.66. The van der Waals surface area contributed by atoms with E-state index in [1.165, 1.54) is 0 Å². The minimum absolute atomic E-state index is 0.0285. The second kappa shape index (κ2) is 4.68. The van der Waals surface area contributed by atoms with E-state index in [4.69, 9.17) is 6.42 Å². The van der Waals surface area contributed by atoms with Gasteiger partial charge in [0.15, 0.2) is 11.5 Å². The Bertz CT molecular complexity index is 462. The third kappa shape index (κ3) is 2.22. The maximum absolute atomic E-state index is 9.78. The molecule has 0 spiro atoms. The molecule has 1 aliphatic carbocycles. The van der Waals surface area contributed by atoms with Gasteiger partial charge in [0, 0.05) is 11.6 Å². The number of likely N-dealkylation sites (N-methyl/N-ethyl adjacent to an activating group) is 1. The van der Waals surface area contributed by atoms with E-state index in [9.17, 15) is 10.2 Å². The van der Waals surface area contributed by atoms with Gasteiger partial charge in [0.2, 0.25) is 0 Å². The molecule has 90 valence electrons. The number of terminal acetylenes is 1. The molecule has 1 aromatic carbocycles. The van der Waals surface area contributed by atoms with E-state index in [1.807, 2.05) is 13.1 Å². The predicted molar refractivity (Wildman–Crippen MR) is 67.0 cm³/mol. The smallest absolute Gasteiger partial charge is 0.160 e. The van der Waals surface area contributed by atoms with Crippen LogP contribution >= 0.6 is 0 Å². The number of benzene rings is 1. The maximum Gasteiger partial charge on any atom is 0.160 e. The second-order valence-electron chi connectivity index (χ2n) is 4.59. The van der Waals surface area contributed by atoms with Crippen LogP contribution < -0.4 is 0 Å². The van der Waals surface area contributed by atoms with Gasteiger partial charge in [0.25, 0.3) is 0 Å². The summed E-state index contributed by atoms with van der Waals surface area (Å²) in [5.41, 5.74) is 2.00. The first-order chi connectivity index (χ1) is 8.13. The molecular weight excluding hydrogens is 214 g/mol. The highest BCUT2D eigenvalue weighted by Crippen LogP contribution is 2.36. The fourth-order valence-electron chi connectivity index (χ4n) is 2.45. The van der Waals surface area contributed by atoms with E-state index in [-0.39, 0.29) is 11.5 Å². The fraction of sp³-hybridized carbons (Fsp3) is 0.429. The lowest BCUT2D eigenvalue weighted by molar-refractivity contribution is 0.245. The van der Waals surface area contributed by atoms with Crippen molar-refractivity contribution in [3.8, 4) is 23.8 Å². The van der Waals surface area contributed by atoms with Crippen LogP contribution in [-0.4, -0.2) is 34.7 Å². The molecule has 0 amide bonds. The summed E-state index contributed by atoms with van der Waals surface area (Å²) < 4.78 is 0. The Balaban J connectivity index is 2.20. The van der Waals surface area contributed by atoms with Crippen molar-refractivity contribution >= 4 is 0 Å². The molecule has 1 aliphatic rings. The molecule has 0 aromatic heterocycles. The van der Waals surface area contributed by atoms with E-state index in [2.05, 4.69) is 10.8 Å². The molecule has 17 heavy (non-hydrogen) atoms. The Kier molecular flexibility index (Phi) is 3.26. The Morgan fingerprint density at radius 3 is 2.94 bits per heavy atom. The first kappa shape index (κ1) is 11.8. The number of hydrogen-bond acceptors (Lipinski definition) is 3. The van der Waals surface area contributed by atoms with Gasteiger partial charge in [-0.2, -0.15) is 0 Å². The minimum atomic E-state index is -0.0285. The van der Waals surface area contributed by atoms with E-state index in [0.29, 0.717) is 12.6 Å². The van der Waals surface area contributed by atoms with Crippen molar-refractivity contribution in [1.29, 1.82) is 0 Å². The molecule has 0 aliphatic heterocycles. The van der Waals surface area contributed by atoms with Gasteiger partial charge in [-0.15, -0.1) is 6.42 Å². The van der Waals surface area contributed by atoms with Crippen LogP contribution in [0, 0.1) is 12.3 Å². The lowest BCUT2D eigenvalue weighted by Crippen LogP contribution is -2.36. The van der Waals surface area contributed by atoms with Gasteiger partial charge >= 0.3 is 0 Å². The summed E-state index contributed by atoms with van der Waals surface area (Å²) in [5.74, 6) is 2.66. The number of hydrogen-bond donors (Lipinski definition) is 2. The third-order valence-corrected chi connectivity index (χ3v) is 3.51. The van der Waals surface area contributed by atoms with Crippen molar-refractivity contribution in [2.75, 3.05) is 13.6 Å². The summed E-state index contributed by atoms with van der Waals surface area (Å²) >= 11 is 0. The van der Waals surface area contributed by atoms with Crippen molar-refractivity contribution < 1.29 is 10.2 Å². The van der Waals surface area contributed by atoms with Crippen LogP contribution in [0.2, 0.25) is 0 Å². The number of phenolic OH excluding ortho intramolecular Hbond substituents is 2. The van der Waals surface area contributed by atoms with Crippen LogP contribution in [0.15, 0.2) is 12.1 Å². The first-order valence-corrected chi connectivity index (χ1v) is 5.80. The standard InChI is InChI=1S/C14H17NO2/c1-3-8-15(2)11-5-6-12-10(9-11)4-7-13(16)14(12)17/h1,4,7,11,16-17H,5-6,8-9H2,2H3/t11-/m1/s1. The average Bonchev–Trinajstić information content (AvgIpc) is 2.34. The lowest BCUT2D eigenvalue weighted by atomic mass is 9.87. The lowest BCUT2D eigenvalue weighted by Gasteiger charge is -2.31. The number of fused-ring (bicyclic) bond motifs is 1. The summed E-state index contributed by atoms with van der Waals surface area (Å²) in [6.45, 7) is 0.643. The molecule has 0 heterocycles. The highest BCUT2D eigenvalue weighted by atomic mass is 16.3. The van der Waals surface area contributed by atoms with E-state index < -0.39 is 0 Å². The largest absolute Gasteiger partial charge is 0.504 e. The van der Waals surface area contributed by atoms with Crippen molar-refractivity contribution in [2.45, 2.75) is 25.3 Å². The average molecular weight is 231 g/mol. The fourth-order valence-corrected chi connectivity index (χ4v) is 2.45. The van der Waals surface area contributed by atoms with Crippen molar-refractivity contribution in [2.24, 2.45) is 0 Å². The van der Waals surface area contributed by atoms with Crippen molar-refractivity contribution in [1.82, 2.24) is 4.90 Å². The van der Waals surface area contributed by atoms with Gasteiger partial charge in [-0.1, -0.05) is 12.0 Å². The highest BCUT2D eigenvalue weighted by Gasteiger charge is 2.24. The quantitative estimate of drug-likeness (QED) is 0.599. The van der Waals surface area contributed by atoms with E-state index in [0.717, 1.165) is 30.4 Å². The Morgan fingerprint density at radius 2 is 2.24 bits per heavy atom. The Morgan fingerprint density at radius 1 is 1.47 bits per heavy atom. The third-order valence-electron chi connectivity index (χ3n) is 3.51. The molecule has 2 N–H and O–H groups in total. The van der Waals surface area contributed by atoms with Gasteiger partial charge in [-0.05, 0) is 37.9 Å². The molecule has 0 saturated carbocycles. The summed E-state index contributed by atoms with van der Waals surface area (Å²) in [5, 5.41) is 19.2. The summed E-state index contributed by atoms with van der Waals surface area (Å²) in [6, 6.07) is 3.86. The number of phenols is 2.